The van der Waals surface area contributed by atoms with Crippen LogP contribution < -0.4 is 5.56 Å². The van der Waals surface area contributed by atoms with Gasteiger partial charge in [0.1, 0.15) is 5.82 Å². The summed E-state index contributed by atoms with van der Waals surface area (Å²) in [6.07, 6.45) is 6.55. The van der Waals surface area contributed by atoms with Crippen molar-refractivity contribution in [3.05, 3.63) is 53.0 Å². The van der Waals surface area contributed by atoms with Gasteiger partial charge in [-0.15, -0.1) is 0 Å². The Kier molecular flexibility index (Phi) is 4.32. The maximum atomic E-state index is 13.3. The first kappa shape index (κ1) is 18.5. The van der Waals surface area contributed by atoms with Crippen molar-refractivity contribution in [2.75, 3.05) is 6.54 Å². The van der Waals surface area contributed by atoms with Crippen molar-refractivity contribution in [2.24, 2.45) is 13.0 Å². The number of rotatable bonds is 5. The van der Waals surface area contributed by atoms with Crippen LogP contribution in [0.5, 0.6) is 0 Å². The average molecular weight is 414 g/mol. The van der Waals surface area contributed by atoms with E-state index in [-0.39, 0.29) is 10.6 Å². The van der Waals surface area contributed by atoms with Crippen molar-refractivity contribution in [1.29, 1.82) is 0 Å². The molecule has 3 aromatic rings. The van der Waals surface area contributed by atoms with Crippen molar-refractivity contribution in [2.45, 2.75) is 43.3 Å². The number of benzene rings is 1. The Hall–Kier alpha value is -2.52. The summed E-state index contributed by atoms with van der Waals surface area (Å²) < 4.78 is 31.3. The van der Waals surface area contributed by atoms with E-state index in [9.17, 15) is 13.2 Å². The number of fused-ring (bicyclic) bond motifs is 1. The van der Waals surface area contributed by atoms with Gasteiger partial charge in [0.25, 0.3) is 15.6 Å². The SMILES string of the molecule is Cn1cnc(S(=O)(=O)N2CCCC2c2nc3ccccc3c(=O)n2CC2CC2)c1. The molecular weight excluding hydrogens is 390 g/mol. The lowest BCUT2D eigenvalue weighted by atomic mass is 10.1. The molecule has 3 heterocycles. The number of para-hydroxylation sites is 1. The maximum Gasteiger partial charge on any atom is 0.262 e. The van der Waals surface area contributed by atoms with E-state index in [1.165, 1.54) is 16.8 Å². The Morgan fingerprint density at radius 2 is 1.97 bits per heavy atom. The first-order valence-electron chi connectivity index (χ1n) is 9.94. The molecule has 0 spiro atoms. The van der Waals surface area contributed by atoms with Crippen LogP contribution in [-0.4, -0.2) is 38.4 Å². The number of hydrogen-bond donors (Lipinski definition) is 0. The third-order valence-electron chi connectivity index (χ3n) is 5.78. The molecule has 2 aromatic heterocycles. The summed E-state index contributed by atoms with van der Waals surface area (Å²) in [7, 11) is -2.02. The Morgan fingerprint density at radius 3 is 2.69 bits per heavy atom. The number of nitrogens with zero attached hydrogens (tertiary/aromatic N) is 5. The lowest BCUT2D eigenvalue weighted by Gasteiger charge is -2.25. The molecule has 1 unspecified atom stereocenters. The Bertz CT molecular complexity index is 1240. The molecule has 1 saturated carbocycles. The summed E-state index contributed by atoms with van der Waals surface area (Å²) in [6, 6.07) is 6.82. The van der Waals surface area contributed by atoms with E-state index in [2.05, 4.69) is 4.98 Å². The average Bonchev–Trinajstić information content (AvgIpc) is 3.18. The molecule has 1 aliphatic carbocycles. The molecule has 1 aliphatic heterocycles. The molecule has 5 rings (SSSR count). The van der Waals surface area contributed by atoms with Gasteiger partial charge < -0.3 is 4.57 Å². The molecule has 2 fully saturated rings. The molecular formula is C20H23N5O3S. The molecule has 9 heteroatoms. The first-order chi connectivity index (χ1) is 13.9. The van der Waals surface area contributed by atoms with Crippen LogP contribution in [0.2, 0.25) is 0 Å². The van der Waals surface area contributed by atoms with Crippen molar-refractivity contribution in [1.82, 2.24) is 23.4 Å². The highest BCUT2D eigenvalue weighted by Crippen LogP contribution is 2.37. The zero-order chi connectivity index (χ0) is 20.2. The summed E-state index contributed by atoms with van der Waals surface area (Å²) in [4.78, 5) is 22.1. The van der Waals surface area contributed by atoms with Crippen LogP contribution in [0.3, 0.4) is 0 Å². The molecule has 152 valence electrons. The summed E-state index contributed by atoms with van der Waals surface area (Å²) in [6.45, 7) is 0.996. The van der Waals surface area contributed by atoms with Gasteiger partial charge in [0, 0.05) is 26.3 Å². The quantitative estimate of drug-likeness (QED) is 0.639. The zero-order valence-electron chi connectivity index (χ0n) is 16.2. The smallest absolute Gasteiger partial charge is 0.262 e. The molecule has 1 saturated heterocycles. The Labute approximate surface area is 168 Å². The molecule has 0 N–H and O–H groups in total. The van der Waals surface area contributed by atoms with Gasteiger partial charge in [-0.1, -0.05) is 12.1 Å². The van der Waals surface area contributed by atoms with Gasteiger partial charge in [-0.25, -0.2) is 18.4 Å². The molecule has 2 aliphatic rings. The van der Waals surface area contributed by atoms with Gasteiger partial charge in [-0.2, -0.15) is 4.31 Å². The fraction of sp³-hybridized carbons (Fsp3) is 0.450. The summed E-state index contributed by atoms with van der Waals surface area (Å²) >= 11 is 0. The molecule has 0 amide bonds. The van der Waals surface area contributed by atoms with Crippen molar-refractivity contribution in [3.8, 4) is 0 Å². The topological polar surface area (TPSA) is 90.1 Å². The van der Waals surface area contributed by atoms with Crippen LogP contribution in [0.25, 0.3) is 10.9 Å². The summed E-state index contributed by atoms with van der Waals surface area (Å²) in [5.41, 5.74) is 0.529. The number of hydrogen-bond acceptors (Lipinski definition) is 5. The second-order valence-corrected chi connectivity index (χ2v) is 9.83. The Morgan fingerprint density at radius 1 is 1.17 bits per heavy atom. The number of sulfonamides is 1. The van der Waals surface area contributed by atoms with Crippen LogP contribution >= 0.6 is 0 Å². The fourth-order valence-corrected chi connectivity index (χ4v) is 5.73. The third kappa shape index (κ3) is 3.18. The van der Waals surface area contributed by atoms with Crippen LogP contribution in [0, 0.1) is 5.92 Å². The van der Waals surface area contributed by atoms with Gasteiger partial charge in [0.15, 0.2) is 5.03 Å². The lowest BCUT2D eigenvalue weighted by Crippen LogP contribution is -2.36. The van der Waals surface area contributed by atoms with Crippen molar-refractivity contribution < 1.29 is 8.42 Å². The van der Waals surface area contributed by atoms with Crippen LogP contribution in [0.4, 0.5) is 0 Å². The van der Waals surface area contributed by atoms with Gasteiger partial charge in [0.2, 0.25) is 0 Å². The van der Waals surface area contributed by atoms with Crippen molar-refractivity contribution in [3.63, 3.8) is 0 Å². The lowest BCUT2D eigenvalue weighted by molar-refractivity contribution is 0.364. The number of aryl methyl sites for hydroxylation is 1. The van der Waals surface area contributed by atoms with E-state index in [4.69, 9.17) is 4.98 Å². The van der Waals surface area contributed by atoms with Crippen LogP contribution in [-0.2, 0) is 23.6 Å². The molecule has 0 bridgehead atoms. The van der Waals surface area contributed by atoms with Gasteiger partial charge in [-0.05, 0) is 43.7 Å². The minimum atomic E-state index is -3.76. The van der Waals surface area contributed by atoms with E-state index in [1.807, 2.05) is 18.2 Å². The fourth-order valence-electron chi connectivity index (χ4n) is 4.10. The molecule has 29 heavy (non-hydrogen) atoms. The highest BCUT2D eigenvalue weighted by Gasteiger charge is 2.40. The first-order valence-corrected chi connectivity index (χ1v) is 11.4. The summed E-state index contributed by atoms with van der Waals surface area (Å²) in [5.74, 6) is 1.02. The standard InChI is InChI=1S/C20H23N5O3S/c1-23-12-18(21-13-23)29(27,28)25-10-4-7-17(25)19-22-16-6-3-2-5-15(16)20(26)24(19)11-14-8-9-14/h2-3,5-6,12-14,17H,4,7-11H2,1H3. The number of imidazole rings is 1. The molecule has 1 atom stereocenters. The van der Waals surface area contributed by atoms with Gasteiger partial charge in [0.05, 0.1) is 23.3 Å². The number of aromatic nitrogens is 4. The molecule has 0 radical (unpaired) electrons. The molecule has 8 nitrogen and oxygen atoms in total. The Balaban J connectivity index is 1.64. The molecule has 1 aromatic carbocycles. The predicted molar refractivity (Wildman–Crippen MR) is 108 cm³/mol. The third-order valence-corrected chi connectivity index (χ3v) is 7.58. The van der Waals surface area contributed by atoms with E-state index in [0.29, 0.717) is 42.2 Å². The van der Waals surface area contributed by atoms with Crippen LogP contribution in [0.15, 0.2) is 46.6 Å². The van der Waals surface area contributed by atoms with Crippen molar-refractivity contribution >= 4 is 20.9 Å². The normalized spacial score (nSPS) is 20.5. The monoisotopic (exact) mass is 413 g/mol. The van der Waals surface area contributed by atoms with Gasteiger partial charge >= 0.3 is 0 Å². The summed E-state index contributed by atoms with van der Waals surface area (Å²) in [5, 5.41) is 0.609. The van der Waals surface area contributed by atoms with E-state index in [1.54, 1.807) is 22.2 Å². The van der Waals surface area contributed by atoms with E-state index < -0.39 is 16.1 Å². The van der Waals surface area contributed by atoms with E-state index >= 15 is 0 Å². The second kappa shape index (κ2) is 6.77. The highest BCUT2D eigenvalue weighted by molar-refractivity contribution is 7.89. The zero-order valence-corrected chi connectivity index (χ0v) is 17.0. The predicted octanol–water partition coefficient (Wildman–Crippen LogP) is 2.07. The second-order valence-electron chi connectivity index (χ2n) is 8.00. The minimum Gasteiger partial charge on any atom is -0.339 e. The largest absolute Gasteiger partial charge is 0.339 e. The maximum absolute atomic E-state index is 13.3. The highest BCUT2D eigenvalue weighted by atomic mass is 32.2. The minimum absolute atomic E-state index is 0.0313. The van der Waals surface area contributed by atoms with Crippen LogP contribution in [0.1, 0.15) is 37.5 Å². The van der Waals surface area contributed by atoms with E-state index in [0.717, 1.165) is 19.3 Å². The van der Waals surface area contributed by atoms with Gasteiger partial charge in [-0.3, -0.25) is 9.36 Å².